The molecule has 2 bridgehead atoms. The average Bonchev–Trinajstić information content (AvgIpc) is 3.12. The molecule has 124 valence electrons. The first kappa shape index (κ1) is 14.5. The van der Waals surface area contributed by atoms with E-state index in [2.05, 4.69) is 23.0 Å². The van der Waals surface area contributed by atoms with E-state index in [1.165, 1.54) is 0 Å². The van der Waals surface area contributed by atoms with Crippen molar-refractivity contribution in [3.63, 3.8) is 0 Å². The van der Waals surface area contributed by atoms with E-state index in [-0.39, 0.29) is 6.04 Å². The van der Waals surface area contributed by atoms with Crippen LogP contribution in [0, 0.1) is 11.3 Å². The fraction of sp³-hybridized carbons (Fsp3) is 0.300. The van der Waals surface area contributed by atoms with Crippen molar-refractivity contribution >= 4 is 16.8 Å². The van der Waals surface area contributed by atoms with Crippen LogP contribution in [0.5, 0.6) is 0 Å². The number of benzene rings is 1. The molecule has 3 aromatic rings. The second-order valence-electron chi connectivity index (χ2n) is 6.98. The molecule has 0 spiro atoms. The van der Waals surface area contributed by atoms with E-state index in [0.717, 1.165) is 47.1 Å². The van der Waals surface area contributed by atoms with Gasteiger partial charge < -0.3 is 10.2 Å². The number of furan rings is 1. The number of hydrogen-bond donors (Lipinski definition) is 1. The zero-order valence-electron chi connectivity index (χ0n) is 14.0. The van der Waals surface area contributed by atoms with Crippen LogP contribution in [0.15, 0.2) is 34.7 Å². The standard InChI is InChI=1S/C20H18N4O/c1-24-12-6-7-15(24)19-14(9-12)23-20(22)13(10-21)18(19)17-8-11-4-2-3-5-16(11)25-17/h2-5,8,12,15H,6-7,9H2,1H3,(H2,22,23)/t12-,15+/m0/s1. The summed E-state index contributed by atoms with van der Waals surface area (Å²) in [6.45, 7) is 0. The third kappa shape index (κ3) is 1.95. The molecule has 2 aliphatic heterocycles. The van der Waals surface area contributed by atoms with Gasteiger partial charge in [0.15, 0.2) is 0 Å². The first-order valence-electron chi connectivity index (χ1n) is 8.60. The molecule has 2 aliphatic rings. The molecule has 2 N–H and O–H groups in total. The second-order valence-corrected chi connectivity index (χ2v) is 6.98. The summed E-state index contributed by atoms with van der Waals surface area (Å²) < 4.78 is 6.11. The molecule has 0 radical (unpaired) electrons. The van der Waals surface area contributed by atoms with Crippen molar-refractivity contribution in [1.82, 2.24) is 9.88 Å². The normalized spacial score (nSPS) is 22.1. The Morgan fingerprint density at radius 1 is 1.32 bits per heavy atom. The van der Waals surface area contributed by atoms with Gasteiger partial charge in [-0.3, -0.25) is 4.90 Å². The highest BCUT2D eigenvalue weighted by molar-refractivity contribution is 5.86. The van der Waals surface area contributed by atoms with Gasteiger partial charge in [-0.25, -0.2) is 4.98 Å². The highest BCUT2D eigenvalue weighted by atomic mass is 16.3. The van der Waals surface area contributed by atoms with Crippen LogP contribution >= 0.6 is 0 Å². The Bertz CT molecular complexity index is 1010. The van der Waals surface area contributed by atoms with Crippen molar-refractivity contribution in [2.45, 2.75) is 31.3 Å². The molecule has 2 atom stereocenters. The molecular weight excluding hydrogens is 312 g/mol. The molecule has 1 aromatic carbocycles. The Balaban J connectivity index is 1.84. The minimum atomic E-state index is 0.275. The molecule has 1 saturated heterocycles. The molecular formula is C20H18N4O. The number of anilines is 1. The predicted octanol–water partition coefficient (Wildman–Crippen LogP) is 3.64. The number of rotatable bonds is 1. The largest absolute Gasteiger partial charge is 0.456 e. The summed E-state index contributed by atoms with van der Waals surface area (Å²) in [5, 5.41) is 10.8. The quantitative estimate of drug-likeness (QED) is 0.737. The molecule has 4 heterocycles. The van der Waals surface area contributed by atoms with E-state index >= 15 is 0 Å². The minimum absolute atomic E-state index is 0.275. The van der Waals surface area contributed by atoms with Gasteiger partial charge in [-0.05, 0) is 32.0 Å². The lowest BCUT2D eigenvalue weighted by molar-refractivity contribution is 0.222. The summed E-state index contributed by atoms with van der Waals surface area (Å²) in [5.41, 5.74) is 10.4. The van der Waals surface area contributed by atoms with Gasteiger partial charge >= 0.3 is 0 Å². The highest BCUT2D eigenvalue weighted by Crippen LogP contribution is 2.48. The first-order valence-corrected chi connectivity index (χ1v) is 8.60. The maximum Gasteiger partial charge on any atom is 0.142 e. The third-order valence-corrected chi connectivity index (χ3v) is 5.73. The van der Waals surface area contributed by atoms with Gasteiger partial charge in [0.05, 0.1) is 0 Å². The number of fused-ring (bicyclic) bond motifs is 5. The van der Waals surface area contributed by atoms with Crippen LogP contribution < -0.4 is 5.73 Å². The number of nitriles is 1. The number of nitrogen functional groups attached to an aromatic ring is 1. The molecule has 2 aromatic heterocycles. The first-order chi connectivity index (χ1) is 12.2. The molecule has 0 saturated carbocycles. The summed E-state index contributed by atoms with van der Waals surface area (Å²) in [4.78, 5) is 7.00. The molecule has 25 heavy (non-hydrogen) atoms. The van der Waals surface area contributed by atoms with E-state index in [1.54, 1.807) is 0 Å². The number of nitrogens with two attached hydrogens (primary N) is 1. The number of aromatic nitrogens is 1. The van der Waals surface area contributed by atoms with Crippen LogP contribution in [0.4, 0.5) is 5.82 Å². The Hall–Kier alpha value is -2.84. The van der Waals surface area contributed by atoms with Crippen molar-refractivity contribution < 1.29 is 4.42 Å². The Morgan fingerprint density at radius 2 is 2.16 bits per heavy atom. The van der Waals surface area contributed by atoms with Crippen LogP contribution in [0.25, 0.3) is 22.3 Å². The van der Waals surface area contributed by atoms with E-state index < -0.39 is 0 Å². The molecule has 0 aliphatic carbocycles. The van der Waals surface area contributed by atoms with Crippen molar-refractivity contribution in [3.05, 3.63) is 47.2 Å². The third-order valence-electron chi connectivity index (χ3n) is 5.73. The highest BCUT2D eigenvalue weighted by Gasteiger charge is 2.41. The van der Waals surface area contributed by atoms with Crippen LogP contribution in [0.2, 0.25) is 0 Å². The van der Waals surface area contributed by atoms with Gasteiger partial charge in [0.25, 0.3) is 0 Å². The van der Waals surface area contributed by atoms with Gasteiger partial charge in [-0.2, -0.15) is 5.26 Å². The Labute approximate surface area is 145 Å². The lowest BCUT2D eigenvalue weighted by Crippen LogP contribution is -2.35. The maximum atomic E-state index is 9.75. The van der Waals surface area contributed by atoms with E-state index in [1.807, 2.05) is 30.3 Å². The van der Waals surface area contributed by atoms with Gasteiger partial charge in [0, 0.05) is 40.7 Å². The molecule has 0 amide bonds. The number of nitrogens with zero attached hydrogens (tertiary/aromatic N) is 3. The van der Waals surface area contributed by atoms with Crippen molar-refractivity contribution in [2.24, 2.45) is 0 Å². The molecule has 5 heteroatoms. The number of para-hydroxylation sites is 1. The Morgan fingerprint density at radius 3 is 2.96 bits per heavy atom. The fourth-order valence-electron chi connectivity index (χ4n) is 4.49. The van der Waals surface area contributed by atoms with Crippen LogP contribution in [-0.2, 0) is 6.42 Å². The minimum Gasteiger partial charge on any atom is -0.456 e. The summed E-state index contributed by atoms with van der Waals surface area (Å²) in [5.74, 6) is 1.02. The van der Waals surface area contributed by atoms with Gasteiger partial charge in [0.2, 0.25) is 0 Å². The summed E-state index contributed by atoms with van der Waals surface area (Å²) in [7, 11) is 2.16. The Kier molecular flexibility index (Phi) is 2.94. The van der Waals surface area contributed by atoms with Gasteiger partial charge in [-0.15, -0.1) is 0 Å². The van der Waals surface area contributed by atoms with Crippen LogP contribution in [0.3, 0.4) is 0 Å². The number of pyridine rings is 1. The van der Waals surface area contributed by atoms with Gasteiger partial charge in [-0.1, -0.05) is 18.2 Å². The monoisotopic (exact) mass is 330 g/mol. The number of likely N-dealkylation sites (N-methyl/N-ethyl adjacent to an activating group) is 1. The van der Waals surface area contributed by atoms with E-state index in [4.69, 9.17) is 10.2 Å². The molecule has 0 unspecified atom stereocenters. The lowest BCUT2D eigenvalue weighted by Gasteiger charge is -2.34. The number of hydrogen-bond acceptors (Lipinski definition) is 5. The smallest absolute Gasteiger partial charge is 0.142 e. The van der Waals surface area contributed by atoms with Crippen LogP contribution in [-0.4, -0.2) is 23.0 Å². The van der Waals surface area contributed by atoms with E-state index in [0.29, 0.717) is 23.2 Å². The predicted molar refractivity (Wildman–Crippen MR) is 95.8 cm³/mol. The molecule has 5 rings (SSSR count). The fourth-order valence-corrected chi connectivity index (χ4v) is 4.49. The van der Waals surface area contributed by atoms with Crippen molar-refractivity contribution in [2.75, 3.05) is 12.8 Å². The maximum absolute atomic E-state index is 9.75. The van der Waals surface area contributed by atoms with Crippen molar-refractivity contribution in [1.29, 1.82) is 5.26 Å². The zero-order chi connectivity index (χ0) is 17.1. The summed E-state index contributed by atoms with van der Waals surface area (Å²) in [6, 6.07) is 13.0. The lowest BCUT2D eigenvalue weighted by atomic mass is 9.89. The summed E-state index contributed by atoms with van der Waals surface area (Å²) >= 11 is 0. The molecule has 1 fully saturated rings. The average molecular weight is 330 g/mol. The zero-order valence-corrected chi connectivity index (χ0v) is 14.0. The SMILES string of the molecule is CN1[C@H]2CC[C@@H]1c1c(nc(N)c(C#N)c1-c1cc3ccccc3o1)C2. The van der Waals surface area contributed by atoms with Gasteiger partial charge in [0.1, 0.15) is 28.8 Å². The van der Waals surface area contributed by atoms with E-state index in [9.17, 15) is 5.26 Å². The topological polar surface area (TPSA) is 79.1 Å². The van der Waals surface area contributed by atoms with Crippen LogP contribution in [0.1, 0.15) is 35.7 Å². The summed E-state index contributed by atoms with van der Waals surface area (Å²) in [6.07, 6.45) is 3.11. The second kappa shape index (κ2) is 5.08. The molecule has 5 nitrogen and oxygen atoms in total. The van der Waals surface area contributed by atoms with Crippen molar-refractivity contribution in [3.8, 4) is 17.4 Å².